The quantitative estimate of drug-likeness (QED) is 0.424. The maximum atomic E-state index is 12.9. The smallest absolute Gasteiger partial charge is 0.337 e. The van der Waals surface area contributed by atoms with Gasteiger partial charge in [-0.25, -0.2) is 14.5 Å². The van der Waals surface area contributed by atoms with Crippen LogP contribution in [0.5, 0.6) is 0 Å². The van der Waals surface area contributed by atoms with E-state index in [0.717, 1.165) is 4.90 Å². The van der Waals surface area contributed by atoms with Gasteiger partial charge in [0.2, 0.25) is 0 Å². The van der Waals surface area contributed by atoms with E-state index in [1.54, 1.807) is 6.07 Å². The highest BCUT2D eigenvalue weighted by Crippen LogP contribution is 2.29. The van der Waals surface area contributed by atoms with Crippen LogP contribution in [0.3, 0.4) is 0 Å². The molecule has 10 heteroatoms. The number of benzene rings is 2. The number of furan rings is 1. The van der Waals surface area contributed by atoms with Gasteiger partial charge in [-0.3, -0.25) is 14.9 Å². The van der Waals surface area contributed by atoms with E-state index in [0.29, 0.717) is 16.3 Å². The molecule has 8 nitrogen and oxygen atoms in total. The van der Waals surface area contributed by atoms with Crippen molar-refractivity contribution in [3.63, 3.8) is 0 Å². The lowest BCUT2D eigenvalue weighted by molar-refractivity contribution is -0.122. The van der Waals surface area contributed by atoms with Crippen molar-refractivity contribution in [1.82, 2.24) is 5.32 Å². The number of nitrogens with zero attached hydrogens (tertiary/aromatic N) is 1. The third-order valence-corrected chi connectivity index (χ3v) is 5.15. The minimum atomic E-state index is -1.16. The number of carbonyl (C=O) groups is 4. The molecule has 0 unspecified atom stereocenters. The first kappa shape index (κ1) is 21.4. The van der Waals surface area contributed by atoms with Gasteiger partial charge < -0.3 is 9.52 Å². The summed E-state index contributed by atoms with van der Waals surface area (Å²) in [5, 5.41) is 11.7. The number of carboxylic acid groups (broad SMARTS) is 1. The summed E-state index contributed by atoms with van der Waals surface area (Å²) in [5.41, 5.74) is 0.381. The molecule has 0 atom stereocenters. The van der Waals surface area contributed by atoms with E-state index in [9.17, 15) is 19.2 Å². The van der Waals surface area contributed by atoms with Gasteiger partial charge in [-0.2, -0.15) is 0 Å². The van der Waals surface area contributed by atoms with Crippen LogP contribution >= 0.6 is 23.2 Å². The molecule has 2 N–H and O–H groups in total. The lowest BCUT2D eigenvalue weighted by Crippen LogP contribution is -2.54. The normalized spacial score (nSPS) is 15.2. The Balaban J connectivity index is 1.65. The summed E-state index contributed by atoms with van der Waals surface area (Å²) in [4.78, 5) is 49.3. The number of anilines is 1. The molecule has 4 rings (SSSR count). The molecule has 2 heterocycles. The van der Waals surface area contributed by atoms with Crippen molar-refractivity contribution in [2.24, 2.45) is 0 Å². The van der Waals surface area contributed by atoms with Gasteiger partial charge in [-0.15, -0.1) is 0 Å². The summed E-state index contributed by atoms with van der Waals surface area (Å²) in [6.45, 7) is 0. The molecule has 1 aromatic heterocycles. The monoisotopic (exact) mass is 470 g/mol. The Morgan fingerprint density at radius 1 is 1.00 bits per heavy atom. The number of nitrogens with one attached hydrogen (secondary N) is 1. The molecule has 2 aromatic carbocycles. The molecule has 32 heavy (non-hydrogen) atoms. The van der Waals surface area contributed by atoms with Gasteiger partial charge in [-0.05, 0) is 54.6 Å². The van der Waals surface area contributed by atoms with Crippen molar-refractivity contribution < 1.29 is 28.7 Å². The summed E-state index contributed by atoms with van der Waals surface area (Å²) in [6, 6.07) is 12.5. The predicted molar refractivity (Wildman–Crippen MR) is 117 cm³/mol. The predicted octanol–water partition coefficient (Wildman–Crippen LogP) is 4.62. The first-order chi connectivity index (χ1) is 15.2. The van der Waals surface area contributed by atoms with Crippen LogP contribution in [0.1, 0.15) is 16.1 Å². The van der Waals surface area contributed by atoms with Gasteiger partial charge in [0.05, 0.1) is 16.3 Å². The van der Waals surface area contributed by atoms with Gasteiger partial charge in [-0.1, -0.05) is 29.3 Å². The number of halogens is 2. The van der Waals surface area contributed by atoms with Crippen LogP contribution in [0.2, 0.25) is 10.0 Å². The molecule has 3 aromatic rings. The Morgan fingerprint density at radius 2 is 1.72 bits per heavy atom. The summed E-state index contributed by atoms with van der Waals surface area (Å²) < 4.78 is 5.67. The van der Waals surface area contributed by atoms with Gasteiger partial charge in [0, 0.05) is 10.6 Å². The van der Waals surface area contributed by atoms with Gasteiger partial charge in [0.1, 0.15) is 17.1 Å². The van der Waals surface area contributed by atoms with Crippen molar-refractivity contribution in [2.75, 3.05) is 4.90 Å². The molecule has 0 radical (unpaired) electrons. The van der Waals surface area contributed by atoms with E-state index >= 15 is 0 Å². The zero-order valence-corrected chi connectivity index (χ0v) is 17.5. The second-order valence-corrected chi connectivity index (χ2v) is 7.48. The third kappa shape index (κ3) is 4.01. The number of rotatable bonds is 4. The van der Waals surface area contributed by atoms with Crippen molar-refractivity contribution in [3.8, 4) is 11.3 Å². The Kier molecular flexibility index (Phi) is 5.56. The van der Waals surface area contributed by atoms with Crippen molar-refractivity contribution in [2.45, 2.75) is 0 Å². The van der Waals surface area contributed by atoms with E-state index in [-0.39, 0.29) is 27.6 Å². The highest BCUT2D eigenvalue weighted by atomic mass is 35.5. The fourth-order valence-corrected chi connectivity index (χ4v) is 3.44. The van der Waals surface area contributed by atoms with Crippen LogP contribution in [-0.4, -0.2) is 28.9 Å². The van der Waals surface area contributed by atoms with Crippen LogP contribution in [0.15, 0.2) is 64.6 Å². The highest BCUT2D eigenvalue weighted by Gasteiger charge is 2.37. The molecule has 0 saturated carbocycles. The second kappa shape index (κ2) is 8.33. The SMILES string of the molecule is O=C1NC(=O)N(c2ccc(Cl)cc2)C(=O)C1=Cc1ccc(-c2ccc(C(=O)O)c(Cl)c2)o1. The Hall–Kier alpha value is -3.88. The first-order valence-electron chi connectivity index (χ1n) is 9.04. The number of carboxylic acids is 1. The molecule has 0 bridgehead atoms. The number of hydrogen-bond donors (Lipinski definition) is 2. The van der Waals surface area contributed by atoms with Gasteiger partial charge in [0.25, 0.3) is 11.8 Å². The third-order valence-electron chi connectivity index (χ3n) is 4.58. The minimum Gasteiger partial charge on any atom is -0.478 e. The molecule has 4 amide bonds. The molecular weight excluding hydrogens is 459 g/mol. The van der Waals surface area contributed by atoms with Crippen LogP contribution in [0.25, 0.3) is 17.4 Å². The number of amides is 4. The number of carbonyl (C=O) groups excluding carboxylic acids is 3. The van der Waals surface area contributed by atoms with Crippen LogP contribution in [-0.2, 0) is 9.59 Å². The lowest BCUT2D eigenvalue weighted by Gasteiger charge is -2.26. The number of urea groups is 1. The molecule has 160 valence electrons. The Labute approximate surface area is 190 Å². The van der Waals surface area contributed by atoms with E-state index in [1.165, 1.54) is 54.6 Å². The fraction of sp³-hybridized carbons (Fsp3) is 0. The summed E-state index contributed by atoms with van der Waals surface area (Å²) >= 11 is 11.8. The van der Waals surface area contributed by atoms with Crippen LogP contribution < -0.4 is 10.2 Å². The largest absolute Gasteiger partial charge is 0.478 e. The van der Waals surface area contributed by atoms with E-state index in [1.807, 2.05) is 0 Å². The first-order valence-corrected chi connectivity index (χ1v) is 9.80. The maximum absolute atomic E-state index is 12.9. The number of barbiturate groups is 1. The lowest BCUT2D eigenvalue weighted by atomic mass is 10.1. The zero-order chi connectivity index (χ0) is 23.0. The fourth-order valence-electron chi connectivity index (χ4n) is 3.05. The van der Waals surface area contributed by atoms with Gasteiger partial charge in [0.15, 0.2) is 0 Å². The van der Waals surface area contributed by atoms with E-state index in [2.05, 4.69) is 5.32 Å². The topological polar surface area (TPSA) is 117 Å². The van der Waals surface area contributed by atoms with Crippen LogP contribution in [0, 0.1) is 0 Å². The van der Waals surface area contributed by atoms with Gasteiger partial charge >= 0.3 is 12.0 Å². The summed E-state index contributed by atoms with van der Waals surface area (Å²) in [7, 11) is 0. The minimum absolute atomic E-state index is 0.0326. The molecular formula is C22H12Cl2N2O6. The van der Waals surface area contributed by atoms with Crippen molar-refractivity contribution >= 4 is 58.8 Å². The van der Waals surface area contributed by atoms with Crippen LogP contribution in [0.4, 0.5) is 10.5 Å². The summed E-state index contributed by atoms with van der Waals surface area (Å²) in [5.74, 6) is -2.34. The average molecular weight is 471 g/mol. The second-order valence-electron chi connectivity index (χ2n) is 6.64. The zero-order valence-electron chi connectivity index (χ0n) is 16.0. The number of aromatic carboxylic acids is 1. The Morgan fingerprint density at radius 3 is 2.38 bits per heavy atom. The van der Waals surface area contributed by atoms with E-state index < -0.39 is 23.8 Å². The number of hydrogen-bond acceptors (Lipinski definition) is 5. The molecule has 0 spiro atoms. The summed E-state index contributed by atoms with van der Waals surface area (Å²) in [6.07, 6.45) is 1.21. The molecule has 1 saturated heterocycles. The standard InChI is InChI=1S/C22H12Cl2N2O6/c23-12-2-4-13(5-3-12)26-20(28)16(19(27)25-22(26)31)10-14-6-8-18(32-14)11-1-7-15(21(29)30)17(24)9-11/h1-10H,(H,29,30)(H,25,27,31). The molecule has 0 aliphatic carbocycles. The average Bonchev–Trinajstić information content (AvgIpc) is 3.21. The molecule has 1 aliphatic rings. The van der Waals surface area contributed by atoms with Crippen molar-refractivity contribution in [1.29, 1.82) is 0 Å². The Bertz CT molecular complexity index is 1310. The number of imide groups is 2. The molecule has 1 aliphatic heterocycles. The maximum Gasteiger partial charge on any atom is 0.337 e. The van der Waals surface area contributed by atoms with E-state index in [4.69, 9.17) is 32.7 Å². The highest BCUT2D eigenvalue weighted by molar-refractivity contribution is 6.39. The van der Waals surface area contributed by atoms with Crippen molar-refractivity contribution in [3.05, 3.63) is 81.5 Å². The molecule has 1 fully saturated rings.